The molecule has 0 aliphatic rings. The minimum absolute atomic E-state index is 0.0846. The van der Waals surface area contributed by atoms with Crippen molar-refractivity contribution >= 4 is 23.2 Å². The number of halogens is 3. The topological polar surface area (TPSA) is 123 Å². The van der Waals surface area contributed by atoms with Crippen LogP contribution in [0.5, 0.6) is 5.75 Å². The van der Waals surface area contributed by atoms with Gasteiger partial charge in [0, 0.05) is 11.8 Å². The molecular formula is C23H19F3N4O5. The number of benzene rings is 3. The number of rotatable bonds is 9. The maximum absolute atomic E-state index is 13.0. The number of carbonyl (C=O) groups excluding carboxylic acids is 2. The van der Waals surface area contributed by atoms with Crippen LogP contribution in [0.25, 0.3) is 0 Å². The Labute approximate surface area is 197 Å². The van der Waals surface area contributed by atoms with Crippen molar-refractivity contribution in [3.63, 3.8) is 0 Å². The number of hydrogen-bond acceptors (Lipinski definition) is 6. The van der Waals surface area contributed by atoms with Gasteiger partial charge in [0.1, 0.15) is 6.04 Å². The van der Waals surface area contributed by atoms with E-state index in [1.807, 2.05) is 0 Å². The molecule has 0 spiro atoms. The van der Waals surface area contributed by atoms with Gasteiger partial charge in [-0.2, -0.15) is 13.2 Å². The zero-order chi connectivity index (χ0) is 25.4. The minimum Gasteiger partial charge on any atom is -0.477 e. The maximum atomic E-state index is 13.0. The van der Waals surface area contributed by atoms with Crippen molar-refractivity contribution in [3.05, 3.63) is 100 Å². The number of hydrogen-bond donors (Lipinski definition) is 3. The summed E-state index contributed by atoms with van der Waals surface area (Å²) >= 11 is 0. The molecule has 0 aliphatic heterocycles. The molecule has 1 unspecified atom stereocenters. The Balaban J connectivity index is 1.68. The number of nitrogens with zero attached hydrogens (tertiary/aromatic N) is 1. The molecule has 182 valence electrons. The molecule has 0 heterocycles. The molecule has 0 radical (unpaired) electrons. The number of nitro groups is 1. The fourth-order valence-corrected chi connectivity index (χ4v) is 3.00. The summed E-state index contributed by atoms with van der Waals surface area (Å²) in [5, 5.41) is 13.4. The van der Waals surface area contributed by atoms with E-state index in [0.717, 1.165) is 18.2 Å². The number of anilines is 1. The lowest BCUT2D eigenvalue weighted by Gasteiger charge is -2.20. The Morgan fingerprint density at radius 2 is 1.66 bits per heavy atom. The van der Waals surface area contributed by atoms with Gasteiger partial charge in [-0.25, -0.2) is 5.43 Å². The van der Waals surface area contributed by atoms with E-state index in [0.29, 0.717) is 5.56 Å². The molecule has 1 atom stereocenters. The Kier molecular flexibility index (Phi) is 8.00. The van der Waals surface area contributed by atoms with Gasteiger partial charge in [0.2, 0.25) is 5.91 Å². The second-order valence-electron chi connectivity index (χ2n) is 7.12. The van der Waals surface area contributed by atoms with Gasteiger partial charge >= 0.3 is 11.9 Å². The Hall–Kier alpha value is -4.45. The van der Waals surface area contributed by atoms with Gasteiger partial charge in [-0.05, 0) is 29.8 Å². The second kappa shape index (κ2) is 11.1. The van der Waals surface area contributed by atoms with Gasteiger partial charge in [-0.3, -0.25) is 25.1 Å². The largest absolute Gasteiger partial charge is 0.477 e. The van der Waals surface area contributed by atoms with E-state index in [1.165, 1.54) is 30.3 Å². The molecule has 0 aliphatic carbocycles. The van der Waals surface area contributed by atoms with E-state index in [1.54, 1.807) is 30.3 Å². The zero-order valence-corrected chi connectivity index (χ0v) is 17.9. The lowest BCUT2D eigenvalue weighted by atomic mass is 10.1. The summed E-state index contributed by atoms with van der Waals surface area (Å²) < 4.78 is 44.1. The Bertz CT molecular complexity index is 1210. The standard InChI is InChI=1S/C23H19F3N4O5/c24-23(25,26)16-9-6-10-17(13-16)27-22(32)21(15-7-2-1-3-8-15)29-28-20(31)14-35-19-12-5-4-11-18(19)30(33)34/h1-13,21,29H,14H2,(H,27,32)(H,28,31). The molecule has 12 heteroatoms. The number of hydrazine groups is 1. The number of para-hydroxylation sites is 2. The third-order valence-corrected chi connectivity index (χ3v) is 4.63. The zero-order valence-electron chi connectivity index (χ0n) is 17.9. The molecule has 0 aromatic heterocycles. The van der Waals surface area contributed by atoms with E-state index in [2.05, 4.69) is 16.2 Å². The summed E-state index contributed by atoms with van der Waals surface area (Å²) in [6, 6.07) is 16.6. The predicted molar refractivity (Wildman–Crippen MR) is 119 cm³/mol. The number of ether oxygens (including phenoxy) is 1. The van der Waals surface area contributed by atoms with Crippen LogP contribution in [-0.2, 0) is 15.8 Å². The van der Waals surface area contributed by atoms with Crippen molar-refractivity contribution in [2.45, 2.75) is 12.2 Å². The van der Waals surface area contributed by atoms with Crippen LogP contribution in [0.2, 0.25) is 0 Å². The first kappa shape index (κ1) is 25.2. The average molecular weight is 488 g/mol. The van der Waals surface area contributed by atoms with E-state index in [9.17, 15) is 32.9 Å². The lowest BCUT2D eigenvalue weighted by Crippen LogP contribution is -2.46. The molecule has 0 fully saturated rings. The van der Waals surface area contributed by atoms with E-state index in [-0.39, 0.29) is 17.1 Å². The second-order valence-corrected chi connectivity index (χ2v) is 7.12. The molecule has 2 amide bonds. The first-order valence-electron chi connectivity index (χ1n) is 10.1. The van der Waals surface area contributed by atoms with Gasteiger partial charge in [0.05, 0.1) is 10.5 Å². The van der Waals surface area contributed by atoms with Crippen LogP contribution in [0.15, 0.2) is 78.9 Å². The molecule has 0 bridgehead atoms. The van der Waals surface area contributed by atoms with E-state index >= 15 is 0 Å². The normalized spacial score (nSPS) is 11.9. The summed E-state index contributed by atoms with van der Waals surface area (Å²) in [4.78, 5) is 35.5. The third-order valence-electron chi connectivity index (χ3n) is 4.63. The smallest absolute Gasteiger partial charge is 0.416 e. The maximum Gasteiger partial charge on any atom is 0.416 e. The number of amides is 2. The van der Waals surface area contributed by atoms with Crippen molar-refractivity contribution in [1.82, 2.24) is 10.9 Å². The van der Waals surface area contributed by atoms with Crippen molar-refractivity contribution in [3.8, 4) is 5.75 Å². The van der Waals surface area contributed by atoms with Crippen molar-refractivity contribution in [2.75, 3.05) is 11.9 Å². The van der Waals surface area contributed by atoms with Crippen LogP contribution in [-0.4, -0.2) is 23.3 Å². The highest BCUT2D eigenvalue weighted by atomic mass is 19.4. The van der Waals surface area contributed by atoms with Gasteiger partial charge in [-0.15, -0.1) is 0 Å². The summed E-state index contributed by atoms with van der Waals surface area (Å²) in [6.07, 6.45) is -4.58. The fourth-order valence-electron chi connectivity index (χ4n) is 3.00. The van der Waals surface area contributed by atoms with Crippen LogP contribution < -0.4 is 20.9 Å². The van der Waals surface area contributed by atoms with Crippen LogP contribution in [0.4, 0.5) is 24.5 Å². The van der Waals surface area contributed by atoms with Gasteiger partial charge in [0.15, 0.2) is 12.4 Å². The molecule has 3 aromatic carbocycles. The molecule has 3 N–H and O–H groups in total. The molecule has 9 nitrogen and oxygen atoms in total. The Morgan fingerprint density at radius 3 is 2.34 bits per heavy atom. The monoisotopic (exact) mass is 488 g/mol. The summed E-state index contributed by atoms with van der Waals surface area (Å²) in [5.74, 6) is -1.61. The highest BCUT2D eigenvalue weighted by Gasteiger charge is 2.31. The fraction of sp³-hybridized carbons (Fsp3) is 0.130. The number of alkyl halides is 3. The molecule has 0 saturated heterocycles. The number of carbonyl (C=O) groups is 2. The van der Waals surface area contributed by atoms with Gasteiger partial charge in [-0.1, -0.05) is 48.5 Å². The average Bonchev–Trinajstić information content (AvgIpc) is 2.83. The van der Waals surface area contributed by atoms with Gasteiger partial charge in [0.25, 0.3) is 5.91 Å². The van der Waals surface area contributed by atoms with Crippen molar-refractivity contribution in [1.29, 1.82) is 0 Å². The summed E-state index contributed by atoms with van der Waals surface area (Å²) in [6.45, 7) is -0.603. The first-order valence-corrected chi connectivity index (χ1v) is 10.1. The van der Waals surface area contributed by atoms with Crippen LogP contribution in [0, 0.1) is 10.1 Å². The number of nitrogens with one attached hydrogen (secondary N) is 3. The molecule has 3 aromatic rings. The van der Waals surface area contributed by atoms with Crippen LogP contribution >= 0.6 is 0 Å². The molecular weight excluding hydrogens is 469 g/mol. The SMILES string of the molecule is O=C(COc1ccccc1[N+](=O)[O-])NNC(C(=O)Nc1cccc(C(F)(F)F)c1)c1ccccc1. The van der Waals surface area contributed by atoms with Crippen molar-refractivity contribution < 1.29 is 32.4 Å². The summed E-state index contributed by atoms with van der Waals surface area (Å²) in [7, 11) is 0. The quantitative estimate of drug-likeness (QED) is 0.309. The molecule has 0 saturated carbocycles. The summed E-state index contributed by atoms with van der Waals surface area (Å²) in [5.41, 5.74) is 3.88. The van der Waals surface area contributed by atoms with E-state index in [4.69, 9.17) is 4.74 Å². The Morgan fingerprint density at radius 1 is 0.971 bits per heavy atom. The third kappa shape index (κ3) is 7.01. The predicted octanol–water partition coefficient (Wildman–Crippen LogP) is 3.99. The van der Waals surface area contributed by atoms with Crippen molar-refractivity contribution in [2.24, 2.45) is 0 Å². The highest BCUT2D eigenvalue weighted by Crippen LogP contribution is 2.31. The van der Waals surface area contributed by atoms with Crippen LogP contribution in [0.3, 0.4) is 0 Å². The van der Waals surface area contributed by atoms with Crippen LogP contribution in [0.1, 0.15) is 17.2 Å². The molecule has 35 heavy (non-hydrogen) atoms. The van der Waals surface area contributed by atoms with Gasteiger partial charge < -0.3 is 10.1 Å². The number of nitro benzene ring substituents is 1. The minimum atomic E-state index is -4.58. The highest BCUT2D eigenvalue weighted by molar-refractivity contribution is 5.95. The first-order chi connectivity index (χ1) is 16.6. The van der Waals surface area contributed by atoms with E-state index < -0.39 is 41.1 Å². The lowest BCUT2D eigenvalue weighted by molar-refractivity contribution is -0.385. The molecule has 3 rings (SSSR count).